The third-order valence-corrected chi connectivity index (χ3v) is 11.2. The zero-order valence-corrected chi connectivity index (χ0v) is 35.2. The first kappa shape index (κ1) is 47.5. The van der Waals surface area contributed by atoms with E-state index in [-0.39, 0.29) is 66.0 Å². The van der Waals surface area contributed by atoms with Gasteiger partial charge in [0.2, 0.25) is 31.9 Å². The van der Waals surface area contributed by atoms with Gasteiger partial charge in [-0.05, 0) is 71.8 Å². The van der Waals surface area contributed by atoms with Crippen LogP contribution in [-0.2, 0) is 48.7 Å². The van der Waals surface area contributed by atoms with Crippen molar-refractivity contribution in [2.45, 2.75) is 35.2 Å². The van der Waals surface area contributed by atoms with E-state index in [0.717, 1.165) is 18.2 Å². The fourth-order valence-electron chi connectivity index (χ4n) is 5.63. The van der Waals surface area contributed by atoms with Crippen molar-refractivity contribution in [2.24, 2.45) is 10.3 Å². The molecule has 0 radical (unpaired) electrons. The van der Waals surface area contributed by atoms with E-state index in [1.165, 1.54) is 85.2 Å². The second-order valence-electron chi connectivity index (χ2n) is 13.0. The molecule has 6 aromatic rings. The minimum absolute atomic E-state index is 0.0723. The highest BCUT2D eigenvalue weighted by atomic mass is 35.5. The van der Waals surface area contributed by atoms with Gasteiger partial charge in [-0.25, -0.2) is 45.9 Å². The molecular weight excluding hydrogens is 926 g/mol. The number of carbonyl (C=O) groups excluding carboxylic acids is 2. The number of hydrogen-bond acceptors (Lipinski definition) is 8. The minimum atomic E-state index is -4.56. The standard InChI is InChI=1S/C20H14Cl2F3N3O3S.C20H16ClF2N3O3S/c21-16-8-13(20(23,24)25)3-1-11(16)7-19(29)28-14-4-5-15(17(9-14)32(26,30)31)12-2-6-18(22)27-10-12;21-18-8-5-14(11-25-18)16-7-6-15(10-17(16)30(24,28)29)26-19(27)9-12-1-3-13(4-2-12)20(22)23/h1-6,8-10H,7H2,(H,28,29)(H2,26,30,31);1-8,10-11,20H,9H2,(H,26,27)(H2,24,28,29). The van der Waals surface area contributed by atoms with Crippen molar-refractivity contribution in [3.05, 3.63) is 153 Å². The Labute approximate surface area is 366 Å². The molecule has 0 saturated heterocycles. The number of anilines is 2. The van der Waals surface area contributed by atoms with Crippen LogP contribution < -0.4 is 20.9 Å². The maximum atomic E-state index is 12.8. The van der Waals surface area contributed by atoms with Crippen LogP contribution in [0.5, 0.6) is 0 Å². The van der Waals surface area contributed by atoms with Crippen molar-refractivity contribution in [3.8, 4) is 22.3 Å². The summed E-state index contributed by atoms with van der Waals surface area (Å²) in [5, 5.41) is 16.0. The number of pyridine rings is 2. The molecule has 2 heterocycles. The van der Waals surface area contributed by atoms with Crippen LogP contribution in [-0.4, -0.2) is 38.6 Å². The van der Waals surface area contributed by atoms with E-state index in [1.54, 1.807) is 12.1 Å². The van der Waals surface area contributed by atoms with E-state index in [4.69, 9.17) is 45.1 Å². The highest BCUT2D eigenvalue weighted by Crippen LogP contribution is 2.34. The number of hydrogen-bond donors (Lipinski definition) is 4. The monoisotopic (exact) mass is 954 g/mol. The third kappa shape index (κ3) is 13.0. The van der Waals surface area contributed by atoms with Crippen LogP contribution in [0.2, 0.25) is 15.3 Å². The molecule has 4 aromatic carbocycles. The van der Waals surface area contributed by atoms with Gasteiger partial charge in [0.05, 0.1) is 28.2 Å². The van der Waals surface area contributed by atoms with E-state index >= 15 is 0 Å². The Balaban J connectivity index is 0.000000235. The van der Waals surface area contributed by atoms with Crippen LogP contribution in [0.1, 0.15) is 28.7 Å². The highest BCUT2D eigenvalue weighted by molar-refractivity contribution is 7.89. The predicted molar refractivity (Wildman–Crippen MR) is 225 cm³/mol. The predicted octanol–water partition coefficient (Wildman–Crippen LogP) is 9.07. The molecule has 0 unspecified atom stereocenters. The minimum Gasteiger partial charge on any atom is -0.326 e. The number of benzene rings is 4. The second kappa shape index (κ2) is 19.7. The Morgan fingerprint density at radius 3 is 1.48 bits per heavy atom. The van der Waals surface area contributed by atoms with Gasteiger partial charge >= 0.3 is 6.18 Å². The largest absolute Gasteiger partial charge is 0.416 e. The van der Waals surface area contributed by atoms with Gasteiger partial charge in [-0.15, -0.1) is 0 Å². The van der Waals surface area contributed by atoms with Gasteiger partial charge in [0.1, 0.15) is 10.3 Å². The first-order valence-electron chi connectivity index (χ1n) is 17.4. The SMILES string of the molecule is NS(=O)(=O)c1cc(NC(=O)Cc2ccc(C(F)(F)F)cc2Cl)ccc1-c1ccc(Cl)nc1.NS(=O)(=O)c1cc(NC(=O)Cc2ccc(C(F)F)cc2)ccc1-c1ccc(Cl)nc1. The molecule has 0 aliphatic heterocycles. The summed E-state index contributed by atoms with van der Waals surface area (Å²) in [6.07, 6.45) is -4.76. The number of nitrogens with zero attached hydrogens (tertiary/aromatic N) is 2. The Hall–Kier alpha value is -5.54. The Bertz CT molecular complexity index is 2840. The normalized spacial score (nSPS) is 11.7. The first-order valence-corrected chi connectivity index (χ1v) is 21.6. The average Bonchev–Trinajstić information content (AvgIpc) is 3.19. The van der Waals surface area contributed by atoms with E-state index in [0.29, 0.717) is 22.3 Å². The maximum absolute atomic E-state index is 12.8. The second-order valence-corrected chi connectivity index (χ2v) is 17.3. The highest BCUT2D eigenvalue weighted by Gasteiger charge is 2.31. The summed E-state index contributed by atoms with van der Waals surface area (Å²) < 4.78 is 112. The summed E-state index contributed by atoms with van der Waals surface area (Å²) in [4.78, 5) is 32.0. The van der Waals surface area contributed by atoms with Gasteiger partial charge in [0.25, 0.3) is 6.43 Å². The van der Waals surface area contributed by atoms with Gasteiger partial charge in [-0.2, -0.15) is 13.2 Å². The van der Waals surface area contributed by atoms with Crippen molar-refractivity contribution in [3.63, 3.8) is 0 Å². The molecule has 0 atom stereocenters. The van der Waals surface area contributed by atoms with Crippen LogP contribution in [0.4, 0.5) is 33.3 Å². The third-order valence-electron chi connectivity index (χ3n) is 8.55. The zero-order valence-electron chi connectivity index (χ0n) is 31.3. The van der Waals surface area contributed by atoms with Crippen LogP contribution in [0.3, 0.4) is 0 Å². The van der Waals surface area contributed by atoms with Crippen molar-refractivity contribution < 1.29 is 48.4 Å². The van der Waals surface area contributed by atoms with Gasteiger partial charge < -0.3 is 10.6 Å². The quantitative estimate of drug-likeness (QED) is 0.0727. The van der Waals surface area contributed by atoms with Crippen molar-refractivity contribution in [1.29, 1.82) is 0 Å². The van der Waals surface area contributed by atoms with E-state index < -0.39 is 50.0 Å². The zero-order chi connectivity index (χ0) is 45.6. The molecule has 0 fully saturated rings. The fraction of sp³-hybridized carbons (Fsp3) is 0.100. The van der Waals surface area contributed by atoms with E-state index in [2.05, 4.69) is 20.6 Å². The van der Waals surface area contributed by atoms with Crippen molar-refractivity contribution in [1.82, 2.24) is 9.97 Å². The van der Waals surface area contributed by atoms with Gasteiger partial charge in [0.15, 0.2) is 0 Å². The molecule has 0 spiro atoms. The molecule has 62 heavy (non-hydrogen) atoms. The van der Waals surface area contributed by atoms with Crippen molar-refractivity contribution in [2.75, 3.05) is 10.6 Å². The lowest BCUT2D eigenvalue weighted by Gasteiger charge is -2.13. The molecule has 2 amide bonds. The summed E-state index contributed by atoms with van der Waals surface area (Å²) in [5.74, 6) is -1.06. The smallest absolute Gasteiger partial charge is 0.326 e. The molecule has 0 aliphatic carbocycles. The lowest BCUT2D eigenvalue weighted by molar-refractivity contribution is -0.137. The molecule has 0 bridgehead atoms. The van der Waals surface area contributed by atoms with Crippen LogP contribution >= 0.6 is 34.8 Å². The molecular formula is C40H30Cl3F5N6O6S2. The van der Waals surface area contributed by atoms with Gasteiger partial charge in [-0.3, -0.25) is 9.59 Å². The van der Waals surface area contributed by atoms with Crippen LogP contribution in [0.15, 0.2) is 125 Å². The number of aromatic nitrogens is 2. The number of carbonyl (C=O) groups is 2. The summed E-state index contributed by atoms with van der Waals surface area (Å²) in [6, 6.07) is 22.5. The van der Waals surface area contributed by atoms with Crippen molar-refractivity contribution >= 4 is 78.0 Å². The number of sulfonamides is 2. The Morgan fingerprint density at radius 1 is 0.629 bits per heavy atom. The molecule has 6 rings (SSSR count). The van der Waals surface area contributed by atoms with Crippen LogP contribution in [0.25, 0.3) is 22.3 Å². The number of primary sulfonamides is 2. The van der Waals surface area contributed by atoms with Gasteiger partial charge in [0, 0.05) is 56.6 Å². The lowest BCUT2D eigenvalue weighted by atomic mass is 10.1. The lowest BCUT2D eigenvalue weighted by Crippen LogP contribution is -2.17. The van der Waals surface area contributed by atoms with E-state index in [1.807, 2.05) is 0 Å². The molecule has 0 saturated carbocycles. The number of rotatable bonds is 11. The summed E-state index contributed by atoms with van der Waals surface area (Å²) in [6.45, 7) is 0. The molecule has 324 valence electrons. The molecule has 2 aromatic heterocycles. The number of amides is 2. The fourth-order valence-corrected chi connectivity index (χ4v) is 7.67. The Morgan fingerprint density at radius 2 is 1.10 bits per heavy atom. The molecule has 0 aliphatic rings. The number of alkyl halides is 5. The summed E-state index contributed by atoms with van der Waals surface area (Å²) in [5.41, 5.74) is 1.46. The van der Waals surface area contributed by atoms with E-state index in [9.17, 15) is 48.4 Å². The average molecular weight is 956 g/mol. The summed E-state index contributed by atoms with van der Waals surface area (Å²) in [7, 11) is -8.28. The topological polar surface area (TPSA) is 204 Å². The van der Waals surface area contributed by atoms with Crippen LogP contribution in [0, 0.1) is 0 Å². The van der Waals surface area contributed by atoms with Gasteiger partial charge in [-0.1, -0.05) is 77.3 Å². The number of halogens is 8. The molecule has 12 nitrogen and oxygen atoms in total. The molecule has 6 N–H and O–H groups in total. The number of nitrogens with two attached hydrogens (primary N) is 2. The summed E-state index contributed by atoms with van der Waals surface area (Å²) >= 11 is 17.4. The maximum Gasteiger partial charge on any atom is 0.416 e. The molecule has 22 heteroatoms. The first-order chi connectivity index (χ1) is 29.0. The Kier molecular flexibility index (Phi) is 15.1. The number of nitrogens with one attached hydrogen (secondary N) is 2.